The molecule has 0 radical (unpaired) electrons. The van der Waals surface area contributed by atoms with E-state index in [-0.39, 0.29) is 17.8 Å². The summed E-state index contributed by atoms with van der Waals surface area (Å²) in [5.41, 5.74) is 2.39. The van der Waals surface area contributed by atoms with E-state index in [0.717, 1.165) is 5.56 Å². The number of Topliss-reactive ketones (excluding diaryl/α,β-unsaturated/α-hetero) is 1. The van der Waals surface area contributed by atoms with Gasteiger partial charge in [-0.05, 0) is 75.2 Å². The number of anilines is 1. The fourth-order valence-electron chi connectivity index (χ4n) is 3.28. The number of hydrogen-bond donors (Lipinski definition) is 2. The van der Waals surface area contributed by atoms with Gasteiger partial charge in [-0.25, -0.2) is 0 Å². The number of carbonyl (C=O) groups excluding carboxylic acids is 3. The van der Waals surface area contributed by atoms with Gasteiger partial charge in [-0.3, -0.25) is 14.4 Å². The Morgan fingerprint density at radius 1 is 0.882 bits per heavy atom. The molecule has 0 unspecified atom stereocenters. The number of carbonyl (C=O) groups is 3. The Kier molecular flexibility index (Phi) is 8.44. The second-order valence-corrected chi connectivity index (χ2v) is 8.58. The lowest BCUT2D eigenvalue weighted by Gasteiger charge is -2.17. The molecule has 0 bridgehead atoms. The van der Waals surface area contributed by atoms with E-state index in [9.17, 15) is 14.4 Å². The van der Waals surface area contributed by atoms with Crippen molar-refractivity contribution < 1.29 is 19.1 Å². The van der Waals surface area contributed by atoms with Gasteiger partial charge >= 0.3 is 0 Å². The molecular weight excluding hydrogens is 452 g/mol. The van der Waals surface area contributed by atoms with Gasteiger partial charge in [0.15, 0.2) is 5.78 Å². The van der Waals surface area contributed by atoms with Crippen LogP contribution in [0.4, 0.5) is 5.69 Å². The summed E-state index contributed by atoms with van der Waals surface area (Å²) in [6.45, 7) is 5.21. The maximum atomic E-state index is 12.7. The van der Waals surface area contributed by atoms with Crippen LogP contribution in [0.25, 0.3) is 0 Å². The first-order valence-corrected chi connectivity index (χ1v) is 11.3. The number of amides is 2. The van der Waals surface area contributed by atoms with E-state index < -0.39 is 11.9 Å². The number of rotatable bonds is 9. The van der Waals surface area contributed by atoms with Crippen LogP contribution in [-0.2, 0) is 11.2 Å². The molecular formula is C27H27ClN2O4. The molecule has 2 amide bonds. The first-order valence-electron chi connectivity index (χ1n) is 11.0. The van der Waals surface area contributed by atoms with Crippen molar-refractivity contribution in [3.63, 3.8) is 0 Å². The monoisotopic (exact) mass is 478 g/mol. The lowest BCUT2D eigenvalue weighted by Crippen LogP contribution is -2.41. The predicted molar refractivity (Wildman–Crippen MR) is 134 cm³/mol. The van der Waals surface area contributed by atoms with Gasteiger partial charge in [0, 0.05) is 16.8 Å². The maximum absolute atomic E-state index is 12.7. The van der Waals surface area contributed by atoms with Gasteiger partial charge in [0.25, 0.3) is 11.8 Å². The molecule has 0 fully saturated rings. The van der Waals surface area contributed by atoms with Crippen LogP contribution in [0.15, 0.2) is 72.8 Å². The second-order valence-electron chi connectivity index (χ2n) is 8.17. The predicted octanol–water partition coefficient (Wildman–Crippen LogP) is 5.31. The molecule has 2 N–H and O–H groups in total. The minimum Gasteiger partial charge on any atom is -0.489 e. The molecule has 3 aromatic carbocycles. The molecule has 6 nitrogen and oxygen atoms in total. The summed E-state index contributed by atoms with van der Waals surface area (Å²) in [6, 6.07) is 20.2. The smallest absolute Gasteiger partial charge is 0.255 e. The zero-order chi connectivity index (χ0) is 24.7. The number of ketones is 1. The normalized spacial score (nSPS) is 11.6. The van der Waals surface area contributed by atoms with E-state index in [4.69, 9.17) is 16.3 Å². The summed E-state index contributed by atoms with van der Waals surface area (Å²) in [7, 11) is 0. The summed E-state index contributed by atoms with van der Waals surface area (Å²) in [5, 5.41) is 5.95. The van der Waals surface area contributed by atoms with E-state index in [0.29, 0.717) is 34.0 Å². The van der Waals surface area contributed by atoms with Gasteiger partial charge in [0.05, 0.1) is 17.2 Å². The Bertz CT molecular complexity index is 1160. The number of ether oxygens (including phenoxy) is 1. The van der Waals surface area contributed by atoms with Crippen molar-refractivity contribution >= 4 is 34.9 Å². The van der Waals surface area contributed by atoms with Crippen molar-refractivity contribution in [2.75, 3.05) is 5.32 Å². The van der Waals surface area contributed by atoms with Gasteiger partial charge in [-0.1, -0.05) is 41.9 Å². The van der Waals surface area contributed by atoms with Crippen LogP contribution in [0.2, 0.25) is 5.02 Å². The Morgan fingerprint density at radius 2 is 1.56 bits per heavy atom. The zero-order valence-corrected chi connectivity index (χ0v) is 20.1. The van der Waals surface area contributed by atoms with Gasteiger partial charge in [0.2, 0.25) is 0 Å². The van der Waals surface area contributed by atoms with Crippen LogP contribution in [0.3, 0.4) is 0 Å². The van der Waals surface area contributed by atoms with Crippen molar-refractivity contribution in [2.24, 2.45) is 0 Å². The van der Waals surface area contributed by atoms with Crippen molar-refractivity contribution in [3.8, 4) is 5.75 Å². The number of nitrogens with one attached hydrogen (secondary N) is 2. The number of hydrogen-bond acceptors (Lipinski definition) is 4. The van der Waals surface area contributed by atoms with Crippen LogP contribution in [0.5, 0.6) is 5.75 Å². The fourth-order valence-corrected chi connectivity index (χ4v) is 3.51. The minimum atomic E-state index is -0.706. The Hall–Kier alpha value is -3.64. The molecule has 3 aromatic rings. The van der Waals surface area contributed by atoms with Crippen LogP contribution >= 0.6 is 11.6 Å². The molecule has 176 valence electrons. The molecule has 1 atom stereocenters. The lowest BCUT2D eigenvalue weighted by atomic mass is 10.0. The van der Waals surface area contributed by atoms with Gasteiger partial charge in [0.1, 0.15) is 5.75 Å². The number of halogens is 1. The molecule has 7 heteroatoms. The minimum absolute atomic E-state index is 0.0442. The van der Waals surface area contributed by atoms with Crippen LogP contribution in [-0.4, -0.2) is 29.7 Å². The third kappa shape index (κ3) is 6.93. The molecule has 0 aliphatic carbocycles. The highest BCUT2D eigenvalue weighted by atomic mass is 35.5. The van der Waals surface area contributed by atoms with E-state index in [1.165, 1.54) is 13.0 Å². The lowest BCUT2D eigenvalue weighted by molar-refractivity contribution is -0.118. The van der Waals surface area contributed by atoms with Crippen molar-refractivity contribution in [2.45, 2.75) is 39.3 Å². The van der Waals surface area contributed by atoms with Gasteiger partial charge < -0.3 is 15.4 Å². The molecule has 0 saturated heterocycles. The molecule has 0 heterocycles. The highest BCUT2D eigenvalue weighted by Crippen LogP contribution is 2.26. The number of benzene rings is 3. The maximum Gasteiger partial charge on any atom is 0.255 e. The Labute approximate surface area is 204 Å². The van der Waals surface area contributed by atoms with Gasteiger partial charge in [-0.2, -0.15) is 0 Å². The zero-order valence-electron chi connectivity index (χ0n) is 19.3. The van der Waals surface area contributed by atoms with Crippen molar-refractivity contribution in [1.29, 1.82) is 0 Å². The third-order valence-electron chi connectivity index (χ3n) is 5.04. The van der Waals surface area contributed by atoms with E-state index in [1.807, 2.05) is 32.0 Å². The Morgan fingerprint density at radius 3 is 2.15 bits per heavy atom. The highest BCUT2D eigenvalue weighted by molar-refractivity contribution is 6.32. The summed E-state index contributed by atoms with van der Waals surface area (Å²) >= 11 is 6.23. The average molecular weight is 479 g/mol. The third-order valence-corrected chi connectivity index (χ3v) is 5.34. The SMILES string of the molecule is CC(=O)[C@H](Cc1ccc(NC(=O)c2ccccc2)cc1)NC(=O)c1ccc(OC(C)C)c(Cl)c1. The standard InChI is InChI=1S/C27H27ClN2O4/c1-17(2)34-25-14-11-21(16-23(25)28)27(33)30-24(18(3)31)15-19-9-12-22(13-10-19)29-26(32)20-7-5-4-6-8-20/h4-14,16-17,24H,15H2,1-3H3,(H,29,32)(H,30,33)/t24-/m0/s1. The van der Waals surface area contributed by atoms with Crippen molar-refractivity contribution in [1.82, 2.24) is 5.32 Å². The highest BCUT2D eigenvalue weighted by Gasteiger charge is 2.20. The molecule has 0 aliphatic heterocycles. The average Bonchev–Trinajstić information content (AvgIpc) is 2.81. The molecule has 0 aliphatic rings. The first-order chi connectivity index (χ1) is 16.2. The van der Waals surface area contributed by atoms with E-state index in [2.05, 4.69) is 10.6 Å². The largest absolute Gasteiger partial charge is 0.489 e. The van der Waals surface area contributed by atoms with Crippen molar-refractivity contribution in [3.05, 3.63) is 94.5 Å². The van der Waals surface area contributed by atoms with E-state index in [1.54, 1.807) is 48.5 Å². The van der Waals surface area contributed by atoms with Gasteiger partial charge in [-0.15, -0.1) is 0 Å². The summed E-state index contributed by atoms with van der Waals surface area (Å²) < 4.78 is 5.59. The summed E-state index contributed by atoms with van der Waals surface area (Å²) in [6.07, 6.45) is 0.272. The molecule has 0 spiro atoms. The quantitative estimate of drug-likeness (QED) is 0.436. The fraction of sp³-hybridized carbons (Fsp3) is 0.222. The van der Waals surface area contributed by atoms with Crippen LogP contribution < -0.4 is 15.4 Å². The Balaban J connectivity index is 1.63. The van der Waals surface area contributed by atoms with Crippen LogP contribution in [0.1, 0.15) is 47.1 Å². The molecule has 0 aromatic heterocycles. The van der Waals surface area contributed by atoms with Crippen LogP contribution in [0, 0.1) is 0 Å². The second kappa shape index (κ2) is 11.5. The summed E-state index contributed by atoms with van der Waals surface area (Å²) in [4.78, 5) is 37.2. The topological polar surface area (TPSA) is 84.5 Å². The molecule has 34 heavy (non-hydrogen) atoms. The molecule has 3 rings (SSSR count). The molecule has 0 saturated carbocycles. The summed E-state index contributed by atoms with van der Waals surface area (Å²) in [5.74, 6) is -0.271. The first kappa shape index (κ1) is 25.0. The van der Waals surface area contributed by atoms with E-state index >= 15 is 0 Å².